The van der Waals surface area contributed by atoms with Crippen molar-refractivity contribution < 1.29 is 13.9 Å². The third kappa shape index (κ3) is 5.32. The molecule has 0 aromatic heterocycles. The quantitative estimate of drug-likeness (QED) is 0.658. The van der Waals surface area contributed by atoms with Gasteiger partial charge in [-0.15, -0.1) is 0 Å². The Morgan fingerprint density at radius 2 is 1.85 bits per heavy atom. The van der Waals surface area contributed by atoms with E-state index in [1.165, 1.54) is 12.1 Å². The molecule has 26 heavy (non-hydrogen) atoms. The van der Waals surface area contributed by atoms with Crippen LogP contribution in [0.1, 0.15) is 43.9 Å². The molecule has 0 fully saturated rings. The molecule has 0 aliphatic rings. The Kier molecular flexibility index (Phi) is 7.16. The summed E-state index contributed by atoms with van der Waals surface area (Å²) in [4.78, 5) is 14.4. The highest BCUT2D eigenvalue weighted by molar-refractivity contribution is 5.76. The van der Waals surface area contributed by atoms with Gasteiger partial charge in [-0.1, -0.05) is 12.1 Å². The van der Waals surface area contributed by atoms with Crippen LogP contribution >= 0.6 is 0 Å². The van der Waals surface area contributed by atoms with E-state index in [1.807, 2.05) is 30.9 Å². The summed E-state index contributed by atoms with van der Waals surface area (Å²) in [6, 6.07) is 15.2. The number of carbonyl (C=O) groups excluding carboxylic acids is 1. The van der Waals surface area contributed by atoms with Crippen molar-refractivity contribution in [2.45, 2.75) is 32.7 Å². The van der Waals surface area contributed by atoms with E-state index in [0.717, 1.165) is 5.56 Å². The Morgan fingerprint density at radius 1 is 1.19 bits per heavy atom. The fraction of sp³-hybridized carbons (Fsp3) is 0.333. The number of benzene rings is 2. The summed E-state index contributed by atoms with van der Waals surface area (Å²) < 4.78 is 18.4. The number of carbonyl (C=O) groups is 1. The molecule has 0 aliphatic heterocycles. The molecule has 2 aromatic rings. The summed E-state index contributed by atoms with van der Waals surface area (Å²) in [5.41, 5.74) is 1.61. The highest BCUT2D eigenvalue weighted by atomic mass is 19.1. The Bertz CT molecular complexity index is 751. The van der Waals surface area contributed by atoms with Gasteiger partial charge in [-0.05, 0) is 62.2 Å². The predicted molar refractivity (Wildman–Crippen MR) is 98.1 cm³/mol. The Labute approximate surface area is 153 Å². The molecule has 5 heteroatoms. The zero-order valence-electron chi connectivity index (χ0n) is 15.1. The lowest BCUT2D eigenvalue weighted by Gasteiger charge is -2.28. The average molecular weight is 354 g/mol. The average Bonchev–Trinajstić information content (AvgIpc) is 2.67. The second-order valence-corrected chi connectivity index (χ2v) is 6.00. The lowest BCUT2D eigenvalue weighted by atomic mass is 10.0. The minimum absolute atomic E-state index is 0.0572. The lowest BCUT2D eigenvalue weighted by Crippen LogP contribution is -2.33. The van der Waals surface area contributed by atoms with Gasteiger partial charge >= 0.3 is 0 Å². The second-order valence-electron chi connectivity index (χ2n) is 6.00. The summed E-state index contributed by atoms with van der Waals surface area (Å²) in [6.07, 6.45) is 0.975. The summed E-state index contributed by atoms with van der Waals surface area (Å²) in [6.45, 7) is 4.95. The molecule has 0 radical (unpaired) electrons. The summed E-state index contributed by atoms with van der Waals surface area (Å²) in [7, 11) is 0. The molecule has 0 saturated heterocycles. The lowest BCUT2D eigenvalue weighted by molar-refractivity contribution is -0.133. The number of amides is 1. The zero-order valence-corrected chi connectivity index (χ0v) is 15.1. The van der Waals surface area contributed by atoms with Gasteiger partial charge in [0.25, 0.3) is 0 Å². The molecule has 0 saturated carbocycles. The number of ether oxygens (including phenoxy) is 1. The Balaban J connectivity index is 1.85. The first-order valence-electron chi connectivity index (χ1n) is 8.73. The van der Waals surface area contributed by atoms with Crippen LogP contribution in [0.5, 0.6) is 5.75 Å². The van der Waals surface area contributed by atoms with Crippen molar-refractivity contribution in [1.29, 1.82) is 5.26 Å². The van der Waals surface area contributed by atoms with Crippen molar-refractivity contribution in [3.63, 3.8) is 0 Å². The molecule has 4 nitrogen and oxygen atoms in total. The largest absolute Gasteiger partial charge is 0.494 e. The van der Waals surface area contributed by atoms with Crippen LogP contribution in [-0.4, -0.2) is 24.0 Å². The van der Waals surface area contributed by atoms with Crippen molar-refractivity contribution in [3.05, 3.63) is 65.5 Å². The predicted octanol–water partition coefficient (Wildman–Crippen LogP) is 4.47. The highest BCUT2D eigenvalue weighted by Crippen LogP contribution is 2.21. The van der Waals surface area contributed by atoms with E-state index in [1.54, 1.807) is 24.3 Å². The third-order valence-electron chi connectivity index (χ3n) is 4.27. The fourth-order valence-corrected chi connectivity index (χ4v) is 2.77. The summed E-state index contributed by atoms with van der Waals surface area (Å²) in [5.74, 6) is 0.354. The first kappa shape index (κ1) is 19.5. The van der Waals surface area contributed by atoms with Crippen LogP contribution in [0.3, 0.4) is 0 Å². The standard InChI is InChI=1S/C21H23FN2O2/c1-3-24(16(2)18-8-6-17(15-23)7-9-18)21(25)5-4-14-26-20-12-10-19(22)11-13-20/h6-13,16H,3-5,14H2,1-2H3. The number of hydrogen-bond donors (Lipinski definition) is 0. The van der Waals surface area contributed by atoms with Crippen LogP contribution in [-0.2, 0) is 4.79 Å². The maximum atomic E-state index is 12.8. The highest BCUT2D eigenvalue weighted by Gasteiger charge is 2.19. The van der Waals surface area contributed by atoms with Crippen LogP contribution in [0.25, 0.3) is 0 Å². The van der Waals surface area contributed by atoms with Crippen LogP contribution < -0.4 is 4.74 Å². The van der Waals surface area contributed by atoms with Gasteiger partial charge in [0.2, 0.25) is 5.91 Å². The van der Waals surface area contributed by atoms with Gasteiger partial charge in [-0.3, -0.25) is 4.79 Å². The zero-order chi connectivity index (χ0) is 18.9. The molecule has 0 heterocycles. The van der Waals surface area contributed by atoms with E-state index < -0.39 is 0 Å². The van der Waals surface area contributed by atoms with Gasteiger partial charge in [-0.25, -0.2) is 4.39 Å². The number of nitrogens with zero attached hydrogens (tertiary/aromatic N) is 2. The van der Waals surface area contributed by atoms with Gasteiger partial charge in [0.15, 0.2) is 0 Å². The van der Waals surface area contributed by atoms with Crippen LogP contribution in [0, 0.1) is 17.1 Å². The van der Waals surface area contributed by atoms with E-state index in [9.17, 15) is 9.18 Å². The Hall–Kier alpha value is -2.87. The third-order valence-corrected chi connectivity index (χ3v) is 4.27. The monoisotopic (exact) mass is 354 g/mol. The Morgan fingerprint density at radius 3 is 2.42 bits per heavy atom. The number of hydrogen-bond acceptors (Lipinski definition) is 3. The molecule has 0 N–H and O–H groups in total. The van der Waals surface area contributed by atoms with Crippen LogP contribution in [0.15, 0.2) is 48.5 Å². The first-order valence-corrected chi connectivity index (χ1v) is 8.73. The van der Waals surface area contributed by atoms with E-state index in [4.69, 9.17) is 10.00 Å². The van der Waals surface area contributed by atoms with E-state index in [-0.39, 0.29) is 17.8 Å². The minimum Gasteiger partial charge on any atom is -0.494 e. The summed E-state index contributed by atoms with van der Waals surface area (Å²) >= 11 is 0. The first-order chi connectivity index (χ1) is 12.5. The van der Waals surface area contributed by atoms with Gasteiger partial charge in [0, 0.05) is 13.0 Å². The second kappa shape index (κ2) is 9.57. The van der Waals surface area contributed by atoms with Crippen LogP contribution in [0.4, 0.5) is 4.39 Å². The topological polar surface area (TPSA) is 53.3 Å². The molecule has 0 spiro atoms. The normalized spacial score (nSPS) is 11.5. The molecule has 2 aromatic carbocycles. The fourth-order valence-electron chi connectivity index (χ4n) is 2.77. The number of rotatable bonds is 8. The van der Waals surface area contributed by atoms with Crippen molar-refractivity contribution in [2.24, 2.45) is 0 Å². The molecule has 2 rings (SSSR count). The van der Waals surface area contributed by atoms with E-state index >= 15 is 0 Å². The molecular formula is C21H23FN2O2. The van der Waals surface area contributed by atoms with Crippen molar-refractivity contribution >= 4 is 5.91 Å². The SMILES string of the molecule is CCN(C(=O)CCCOc1ccc(F)cc1)C(C)c1ccc(C#N)cc1. The molecule has 0 bridgehead atoms. The molecule has 0 aliphatic carbocycles. The number of halogens is 1. The van der Waals surface area contributed by atoms with Crippen molar-refractivity contribution in [3.8, 4) is 11.8 Å². The number of nitriles is 1. The maximum Gasteiger partial charge on any atom is 0.223 e. The van der Waals surface area contributed by atoms with Crippen molar-refractivity contribution in [2.75, 3.05) is 13.2 Å². The maximum absolute atomic E-state index is 12.8. The smallest absolute Gasteiger partial charge is 0.223 e. The van der Waals surface area contributed by atoms with Crippen LogP contribution in [0.2, 0.25) is 0 Å². The molecule has 1 unspecified atom stereocenters. The van der Waals surface area contributed by atoms with Gasteiger partial charge in [0.05, 0.1) is 24.3 Å². The minimum atomic E-state index is -0.303. The molecule has 136 valence electrons. The van der Waals surface area contributed by atoms with E-state index in [2.05, 4.69) is 6.07 Å². The van der Waals surface area contributed by atoms with Gasteiger partial charge < -0.3 is 9.64 Å². The van der Waals surface area contributed by atoms with E-state index in [0.29, 0.717) is 37.3 Å². The van der Waals surface area contributed by atoms with Crippen molar-refractivity contribution in [1.82, 2.24) is 4.90 Å². The summed E-state index contributed by atoms with van der Waals surface area (Å²) in [5, 5.41) is 8.88. The molecular weight excluding hydrogens is 331 g/mol. The molecule has 1 atom stereocenters. The van der Waals surface area contributed by atoms with Gasteiger partial charge in [-0.2, -0.15) is 5.26 Å². The van der Waals surface area contributed by atoms with Gasteiger partial charge in [0.1, 0.15) is 11.6 Å². The molecule has 1 amide bonds.